The number of thiol groups is 1. The molecular weight excluding hydrogens is 208 g/mol. The molecule has 0 aliphatic heterocycles. The van der Waals surface area contributed by atoms with Crippen molar-refractivity contribution in [2.24, 2.45) is 0 Å². The summed E-state index contributed by atoms with van der Waals surface area (Å²) in [4.78, 5) is 1.02. The van der Waals surface area contributed by atoms with E-state index in [0.717, 1.165) is 4.90 Å². The summed E-state index contributed by atoms with van der Waals surface area (Å²) >= 11 is 4.08. The van der Waals surface area contributed by atoms with Crippen LogP contribution in [-0.4, -0.2) is 10.2 Å². The minimum Gasteiger partial charge on any atom is -0.508 e. The van der Waals surface area contributed by atoms with Crippen molar-refractivity contribution in [1.82, 2.24) is 0 Å². The molecule has 78 valence electrons. The average molecular weight is 220 g/mol. The Morgan fingerprint density at radius 1 is 0.733 bits per heavy atom. The van der Waals surface area contributed by atoms with Crippen molar-refractivity contribution in [3.05, 3.63) is 54.6 Å². The van der Waals surface area contributed by atoms with Crippen LogP contribution in [0.4, 0.5) is 0 Å². The Morgan fingerprint density at radius 3 is 1.53 bits per heavy atom. The SMILES string of the molecule is Oc1cccc(O)c1.Sc1ccccc1. The van der Waals surface area contributed by atoms with Gasteiger partial charge in [0, 0.05) is 11.0 Å². The number of hydrogen-bond acceptors (Lipinski definition) is 3. The smallest absolute Gasteiger partial charge is 0.119 e. The maximum absolute atomic E-state index is 8.65. The van der Waals surface area contributed by atoms with E-state index < -0.39 is 0 Å². The first-order chi connectivity index (χ1) is 7.18. The zero-order valence-electron chi connectivity index (χ0n) is 8.04. The minimum atomic E-state index is 0.0880. The van der Waals surface area contributed by atoms with Gasteiger partial charge in [-0.05, 0) is 24.3 Å². The highest BCUT2D eigenvalue weighted by atomic mass is 32.1. The molecule has 2 N–H and O–H groups in total. The van der Waals surface area contributed by atoms with E-state index in [2.05, 4.69) is 12.6 Å². The molecule has 0 spiro atoms. The first-order valence-electron chi connectivity index (χ1n) is 4.40. The average Bonchev–Trinajstić information content (AvgIpc) is 2.19. The van der Waals surface area contributed by atoms with Gasteiger partial charge in [0.1, 0.15) is 11.5 Å². The van der Waals surface area contributed by atoms with Crippen molar-refractivity contribution in [3.8, 4) is 11.5 Å². The molecule has 0 fully saturated rings. The maximum Gasteiger partial charge on any atom is 0.119 e. The van der Waals surface area contributed by atoms with Crippen LogP contribution < -0.4 is 0 Å². The van der Waals surface area contributed by atoms with Gasteiger partial charge in [-0.3, -0.25) is 0 Å². The normalized spacial score (nSPS) is 8.87. The third-order valence-corrected chi connectivity index (χ3v) is 1.88. The number of rotatable bonds is 0. The van der Waals surface area contributed by atoms with E-state index in [4.69, 9.17) is 10.2 Å². The molecule has 0 aromatic heterocycles. The van der Waals surface area contributed by atoms with Gasteiger partial charge in [-0.25, -0.2) is 0 Å². The Morgan fingerprint density at radius 2 is 1.27 bits per heavy atom. The monoisotopic (exact) mass is 220 g/mol. The third-order valence-electron chi connectivity index (χ3n) is 1.59. The molecule has 2 nitrogen and oxygen atoms in total. The Balaban J connectivity index is 0.000000151. The number of aromatic hydroxyl groups is 2. The van der Waals surface area contributed by atoms with Crippen LogP contribution in [0.2, 0.25) is 0 Å². The third kappa shape index (κ3) is 4.98. The Bertz CT molecular complexity index is 384. The summed E-state index contributed by atoms with van der Waals surface area (Å²) in [5.41, 5.74) is 0. The topological polar surface area (TPSA) is 40.5 Å². The van der Waals surface area contributed by atoms with E-state index in [1.165, 1.54) is 18.2 Å². The first-order valence-corrected chi connectivity index (χ1v) is 4.85. The van der Waals surface area contributed by atoms with Crippen molar-refractivity contribution in [1.29, 1.82) is 0 Å². The molecule has 3 heteroatoms. The lowest BCUT2D eigenvalue weighted by molar-refractivity contribution is 0.450. The zero-order chi connectivity index (χ0) is 11.1. The Hall–Kier alpha value is -1.61. The minimum absolute atomic E-state index is 0.0880. The van der Waals surface area contributed by atoms with E-state index in [9.17, 15) is 0 Å². The van der Waals surface area contributed by atoms with E-state index in [1.54, 1.807) is 6.07 Å². The van der Waals surface area contributed by atoms with Crippen LogP contribution in [0.1, 0.15) is 0 Å². The van der Waals surface area contributed by atoms with E-state index in [-0.39, 0.29) is 11.5 Å². The summed E-state index contributed by atoms with van der Waals surface area (Å²) in [6.45, 7) is 0. The molecule has 0 radical (unpaired) electrons. The zero-order valence-corrected chi connectivity index (χ0v) is 8.93. The van der Waals surface area contributed by atoms with Crippen molar-refractivity contribution >= 4 is 12.6 Å². The molecule has 2 rings (SSSR count). The van der Waals surface area contributed by atoms with Crippen molar-refractivity contribution < 1.29 is 10.2 Å². The summed E-state index contributed by atoms with van der Waals surface area (Å²) in [5.74, 6) is 0.176. The quantitative estimate of drug-likeness (QED) is 0.597. The predicted octanol–water partition coefficient (Wildman–Crippen LogP) is 3.07. The van der Waals surface area contributed by atoms with Crippen molar-refractivity contribution in [2.75, 3.05) is 0 Å². The second kappa shape index (κ2) is 5.98. The van der Waals surface area contributed by atoms with Gasteiger partial charge in [0.25, 0.3) is 0 Å². The number of phenols is 2. The van der Waals surface area contributed by atoms with Crippen molar-refractivity contribution in [2.45, 2.75) is 4.90 Å². The predicted molar refractivity (Wildman–Crippen MR) is 63.5 cm³/mol. The van der Waals surface area contributed by atoms with E-state index >= 15 is 0 Å². The lowest BCUT2D eigenvalue weighted by atomic mass is 10.3. The molecule has 2 aromatic rings. The lowest BCUT2D eigenvalue weighted by Gasteiger charge is -1.89. The first kappa shape index (κ1) is 11.5. The summed E-state index contributed by atoms with van der Waals surface area (Å²) in [5, 5.41) is 17.3. The standard InChI is InChI=1S/C6H6O2.C6H6S/c7-5-2-1-3-6(8)4-5;7-6-4-2-1-3-5-6/h1-4,7-8H;1-5,7H. The van der Waals surface area contributed by atoms with Crippen LogP contribution in [0.5, 0.6) is 11.5 Å². The highest BCUT2D eigenvalue weighted by Gasteiger charge is 1.85. The molecule has 0 atom stereocenters. The van der Waals surface area contributed by atoms with E-state index in [0.29, 0.717) is 0 Å². The summed E-state index contributed by atoms with van der Waals surface area (Å²) in [6, 6.07) is 15.6. The van der Waals surface area contributed by atoms with Crippen LogP contribution in [0, 0.1) is 0 Å². The molecule has 0 bridgehead atoms. The molecule has 0 saturated heterocycles. The van der Waals surface area contributed by atoms with E-state index in [1.807, 2.05) is 30.3 Å². The Labute approximate surface area is 94.2 Å². The molecule has 0 heterocycles. The summed E-state index contributed by atoms with van der Waals surface area (Å²) < 4.78 is 0. The molecule has 0 unspecified atom stereocenters. The summed E-state index contributed by atoms with van der Waals surface area (Å²) in [7, 11) is 0. The molecule has 0 saturated carbocycles. The molecule has 15 heavy (non-hydrogen) atoms. The maximum atomic E-state index is 8.65. The Kier molecular flexibility index (Phi) is 4.57. The van der Waals surface area contributed by atoms with Gasteiger partial charge in [-0.2, -0.15) is 0 Å². The van der Waals surface area contributed by atoms with Gasteiger partial charge in [-0.1, -0.05) is 24.3 Å². The fraction of sp³-hybridized carbons (Fsp3) is 0. The van der Waals surface area contributed by atoms with Crippen LogP contribution in [0.25, 0.3) is 0 Å². The number of benzene rings is 2. The van der Waals surface area contributed by atoms with Crippen LogP contribution in [0.3, 0.4) is 0 Å². The second-order valence-electron chi connectivity index (χ2n) is 2.86. The van der Waals surface area contributed by atoms with Gasteiger partial charge in [0.05, 0.1) is 0 Å². The van der Waals surface area contributed by atoms with Crippen molar-refractivity contribution in [3.63, 3.8) is 0 Å². The van der Waals surface area contributed by atoms with Gasteiger partial charge in [-0.15, -0.1) is 12.6 Å². The molecule has 0 aliphatic rings. The highest BCUT2D eigenvalue weighted by Crippen LogP contribution is 2.14. The molecule has 0 amide bonds. The van der Waals surface area contributed by atoms with Gasteiger partial charge in [0.15, 0.2) is 0 Å². The molecule has 0 aliphatic carbocycles. The molecule has 2 aromatic carbocycles. The van der Waals surface area contributed by atoms with Crippen LogP contribution in [0.15, 0.2) is 59.5 Å². The van der Waals surface area contributed by atoms with Gasteiger partial charge >= 0.3 is 0 Å². The highest BCUT2D eigenvalue weighted by molar-refractivity contribution is 7.80. The number of hydrogen-bond donors (Lipinski definition) is 3. The lowest BCUT2D eigenvalue weighted by Crippen LogP contribution is -1.61. The largest absolute Gasteiger partial charge is 0.508 e. The fourth-order valence-electron chi connectivity index (χ4n) is 0.921. The van der Waals surface area contributed by atoms with Crippen LogP contribution >= 0.6 is 12.6 Å². The second-order valence-corrected chi connectivity index (χ2v) is 3.37. The van der Waals surface area contributed by atoms with Gasteiger partial charge in [0.2, 0.25) is 0 Å². The van der Waals surface area contributed by atoms with Gasteiger partial charge < -0.3 is 10.2 Å². The summed E-state index contributed by atoms with van der Waals surface area (Å²) in [6.07, 6.45) is 0. The van der Waals surface area contributed by atoms with Crippen LogP contribution in [-0.2, 0) is 0 Å². The molecular formula is C12H12O2S. The number of phenolic OH excluding ortho intramolecular Hbond substituents is 2. The fourth-order valence-corrected chi connectivity index (χ4v) is 1.09.